The molecular weight excluding hydrogens is 610 g/mol. The van der Waals surface area contributed by atoms with Gasteiger partial charge in [0.05, 0.1) is 27.5 Å². The summed E-state index contributed by atoms with van der Waals surface area (Å²) in [7, 11) is -2.33. The molecule has 12 heteroatoms. The van der Waals surface area contributed by atoms with E-state index >= 15 is 0 Å². The molecule has 218 valence electrons. The maximum Gasteiger partial charge on any atom is 0.410 e. The molecule has 1 aromatic carbocycles. The Morgan fingerprint density at radius 3 is 2.49 bits per heavy atom. The van der Waals surface area contributed by atoms with Crippen LogP contribution in [0.3, 0.4) is 0 Å². The van der Waals surface area contributed by atoms with Gasteiger partial charge in [-0.1, -0.05) is 18.2 Å². The maximum atomic E-state index is 14.1. The largest absolute Gasteiger partial charge is 0.444 e. The smallest absolute Gasteiger partial charge is 0.410 e. The zero-order chi connectivity index (χ0) is 29.6. The average molecular weight is 645 g/mol. The van der Waals surface area contributed by atoms with Crippen molar-refractivity contribution in [3.63, 3.8) is 0 Å². The zero-order valence-electron chi connectivity index (χ0n) is 24.0. The Morgan fingerprint density at radius 1 is 1.20 bits per heavy atom. The lowest BCUT2D eigenvalue weighted by Crippen LogP contribution is -2.43. The second-order valence-corrected chi connectivity index (χ2v) is 15.0. The number of pyridine rings is 1. The van der Waals surface area contributed by atoms with Crippen LogP contribution >= 0.6 is 15.9 Å². The minimum atomic E-state index is -4.04. The predicted molar refractivity (Wildman–Crippen MR) is 160 cm³/mol. The van der Waals surface area contributed by atoms with Gasteiger partial charge < -0.3 is 9.64 Å². The molecule has 2 fully saturated rings. The third-order valence-corrected chi connectivity index (χ3v) is 11.1. The van der Waals surface area contributed by atoms with Gasteiger partial charge in [-0.25, -0.2) is 27.0 Å². The van der Waals surface area contributed by atoms with Crippen molar-refractivity contribution in [1.29, 1.82) is 0 Å². The molecule has 41 heavy (non-hydrogen) atoms. The first-order chi connectivity index (χ1) is 19.2. The Balaban J connectivity index is 1.60. The fourth-order valence-corrected chi connectivity index (χ4v) is 9.12. The molecule has 1 saturated heterocycles. The molecule has 4 aromatic rings. The first-order valence-corrected chi connectivity index (χ1v) is 16.0. The lowest BCUT2D eigenvalue weighted by atomic mass is 9.87. The van der Waals surface area contributed by atoms with E-state index in [1.165, 1.54) is 3.97 Å². The number of likely N-dealkylation sites (tertiary alicyclic amines) is 1. The number of ether oxygens (including phenoxy) is 1. The average Bonchev–Trinajstić information content (AvgIpc) is 3.46. The highest BCUT2D eigenvalue weighted by atomic mass is 79.9. The molecule has 1 aliphatic heterocycles. The number of aryl methyl sites for hydroxylation is 1. The van der Waals surface area contributed by atoms with Crippen molar-refractivity contribution in [2.75, 3.05) is 13.1 Å². The topological polar surface area (TPSA) is 108 Å². The molecule has 6 rings (SSSR count). The van der Waals surface area contributed by atoms with Crippen LogP contribution in [0.1, 0.15) is 59.1 Å². The van der Waals surface area contributed by atoms with E-state index in [-0.39, 0.29) is 39.7 Å². The van der Waals surface area contributed by atoms with Crippen molar-refractivity contribution in [2.45, 2.75) is 69.4 Å². The first-order valence-electron chi connectivity index (χ1n) is 13.8. The van der Waals surface area contributed by atoms with Gasteiger partial charge in [-0.05, 0) is 81.4 Å². The van der Waals surface area contributed by atoms with Gasteiger partial charge in [0.25, 0.3) is 10.0 Å². The van der Waals surface area contributed by atoms with Gasteiger partial charge in [0, 0.05) is 37.2 Å². The summed E-state index contributed by atoms with van der Waals surface area (Å²) in [6, 6.07) is 8.11. The molecule has 2 aliphatic rings. The third-order valence-electron chi connectivity index (χ3n) is 8.38. The van der Waals surface area contributed by atoms with Crippen LogP contribution in [0, 0.1) is 5.92 Å². The Bertz CT molecular complexity index is 1880. The standard InChI is InChI=1S/C29H34BrN5O5S/c1-17(2)34-23-20(32(6)26(34)36)15-31-25-21(23)22(24(30)35(25)41(38,39)19-10-8-7-9-11-19)29-12-13-33(16-18(29)14-29)27(37)40-28(3,4)5/h7-11,15,17-18H,12-14,16H2,1-6H3. The summed E-state index contributed by atoms with van der Waals surface area (Å²) in [5, 5.41) is 0.661. The molecule has 1 amide bonds. The van der Waals surface area contributed by atoms with Gasteiger partial charge in [0.1, 0.15) is 10.2 Å². The van der Waals surface area contributed by atoms with Gasteiger partial charge in [-0.2, -0.15) is 0 Å². The number of piperidine rings is 1. The lowest BCUT2D eigenvalue weighted by molar-refractivity contribution is 0.0199. The fourth-order valence-electron chi connectivity index (χ4n) is 6.41. The number of halogens is 1. The van der Waals surface area contributed by atoms with Crippen LogP contribution in [-0.4, -0.2) is 56.2 Å². The third kappa shape index (κ3) is 4.16. The highest BCUT2D eigenvalue weighted by Gasteiger charge is 2.61. The van der Waals surface area contributed by atoms with E-state index in [0.29, 0.717) is 40.5 Å². The number of carbonyl (C=O) groups is 1. The molecule has 3 aromatic heterocycles. The van der Waals surface area contributed by atoms with Gasteiger partial charge >= 0.3 is 11.8 Å². The van der Waals surface area contributed by atoms with Crippen LogP contribution in [0.4, 0.5) is 4.79 Å². The number of amides is 1. The van der Waals surface area contributed by atoms with Crippen LogP contribution < -0.4 is 5.69 Å². The highest BCUT2D eigenvalue weighted by molar-refractivity contribution is 9.10. The molecular formula is C29H34BrN5O5S. The van der Waals surface area contributed by atoms with Crippen LogP contribution in [0.5, 0.6) is 0 Å². The summed E-state index contributed by atoms with van der Waals surface area (Å²) in [6.07, 6.45) is 2.66. The Hall–Kier alpha value is -3.12. The normalized spacial score (nSPS) is 21.1. The van der Waals surface area contributed by atoms with E-state index in [2.05, 4.69) is 20.9 Å². The second-order valence-electron chi connectivity index (χ2n) is 12.5. The van der Waals surface area contributed by atoms with Gasteiger partial charge in [-0.3, -0.25) is 9.13 Å². The fraction of sp³-hybridized carbons (Fsp3) is 0.483. The van der Waals surface area contributed by atoms with Crippen LogP contribution in [0.25, 0.3) is 22.1 Å². The summed E-state index contributed by atoms with van der Waals surface area (Å²) in [5.41, 5.74) is 1.26. The van der Waals surface area contributed by atoms with E-state index < -0.39 is 15.6 Å². The number of rotatable bonds is 4. The minimum absolute atomic E-state index is 0.108. The Kier molecular flexibility index (Phi) is 6.28. The number of imidazole rings is 1. The Morgan fingerprint density at radius 2 is 1.88 bits per heavy atom. The highest BCUT2D eigenvalue weighted by Crippen LogP contribution is 2.63. The van der Waals surface area contributed by atoms with Crippen molar-refractivity contribution < 1.29 is 17.9 Å². The molecule has 2 atom stereocenters. The molecule has 10 nitrogen and oxygen atoms in total. The minimum Gasteiger partial charge on any atom is -0.444 e. The number of hydrogen-bond acceptors (Lipinski definition) is 6. The molecule has 0 N–H and O–H groups in total. The second kappa shape index (κ2) is 9.19. The van der Waals surface area contributed by atoms with Crippen molar-refractivity contribution >= 4 is 54.1 Å². The number of fused-ring (bicyclic) bond motifs is 4. The molecule has 0 spiro atoms. The quantitative estimate of drug-likeness (QED) is 0.304. The van der Waals surface area contributed by atoms with E-state index in [4.69, 9.17) is 4.74 Å². The molecule has 1 saturated carbocycles. The summed E-state index contributed by atoms with van der Waals surface area (Å²) in [5.74, 6) is 0.108. The summed E-state index contributed by atoms with van der Waals surface area (Å²) >= 11 is 3.73. The van der Waals surface area contributed by atoms with E-state index in [1.807, 2.05) is 34.6 Å². The van der Waals surface area contributed by atoms with Crippen molar-refractivity contribution in [1.82, 2.24) is 23.0 Å². The van der Waals surface area contributed by atoms with E-state index in [9.17, 15) is 18.0 Å². The number of nitrogens with zero attached hydrogens (tertiary/aromatic N) is 5. The van der Waals surface area contributed by atoms with Crippen molar-refractivity contribution in [2.24, 2.45) is 13.0 Å². The summed E-state index contributed by atoms with van der Waals surface area (Å²) in [4.78, 5) is 32.9. The van der Waals surface area contributed by atoms with E-state index in [0.717, 1.165) is 12.0 Å². The molecule has 1 aliphatic carbocycles. The molecule has 0 bridgehead atoms. The van der Waals surface area contributed by atoms with Crippen molar-refractivity contribution in [3.05, 3.63) is 57.2 Å². The lowest BCUT2D eigenvalue weighted by Gasteiger charge is -2.33. The SMILES string of the molecule is CC(C)n1c(=O)n(C)c2cnc3c(c(C45CCN(C(=O)OC(C)(C)C)CC4C5)c(Br)n3S(=O)(=O)c3ccccc3)c21. The number of hydrogen-bond donors (Lipinski definition) is 0. The van der Waals surface area contributed by atoms with Crippen LogP contribution in [0.15, 0.2) is 50.8 Å². The first kappa shape index (κ1) is 28.0. The van der Waals surface area contributed by atoms with Gasteiger partial charge in [0.2, 0.25) is 0 Å². The number of carbonyl (C=O) groups excluding carboxylic acids is 1. The monoisotopic (exact) mass is 643 g/mol. The number of benzene rings is 1. The molecule has 2 unspecified atom stereocenters. The molecule has 0 radical (unpaired) electrons. The summed E-state index contributed by atoms with van der Waals surface area (Å²) < 4.78 is 38.9. The van der Waals surface area contributed by atoms with Crippen molar-refractivity contribution in [3.8, 4) is 0 Å². The predicted octanol–water partition coefficient (Wildman–Crippen LogP) is 5.17. The maximum absolute atomic E-state index is 14.1. The van der Waals surface area contributed by atoms with Crippen LogP contribution in [-0.2, 0) is 27.2 Å². The van der Waals surface area contributed by atoms with Crippen LogP contribution in [0.2, 0.25) is 0 Å². The zero-order valence-corrected chi connectivity index (χ0v) is 26.4. The Labute approximate surface area is 247 Å². The van der Waals surface area contributed by atoms with Gasteiger partial charge in [-0.15, -0.1) is 0 Å². The summed E-state index contributed by atoms with van der Waals surface area (Å²) in [6.45, 7) is 10.4. The number of aromatic nitrogens is 4. The van der Waals surface area contributed by atoms with E-state index in [1.54, 1.807) is 57.6 Å². The van der Waals surface area contributed by atoms with Gasteiger partial charge in [0.15, 0.2) is 5.65 Å². The molecule has 4 heterocycles.